The van der Waals surface area contributed by atoms with Crippen molar-refractivity contribution in [3.63, 3.8) is 0 Å². The minimum Gasteiger partial charge on any atom is -0.462 e. The fourth-order valence-corrected chi connectivity index (χ4v) is 12.6. The number of allylic oxidation sites excluding steroid dienone is 14. The minimum atomic E-state index is -4.99. The van der Waals surface area contributed by atoms with Crippen molar-refractivity contribution >= 4 is 39.5 Å². The summed E-state index contributed by atoms with van der Waals surface area (Å²) in [5, 5.41) is 10.6. The standard InChI is InChI=1S/C83H148O17P2/c1-5-9-13-17-21-25-29-33-37-38-42-46-50-54-58-62-66-70-83(88)100-79(74-94-81(86)68-64-60-56-52-48-44-40-35-31-27-23-19-15-11-7-3)76-98-102(91,92)96-72-77(84)71-95-101(89,90)97-75-78(99-82(87)69-65-61-57-53-49-45-41-36-32-28-24-20-16-12-8-4)73-93-80(85)67-63-59-55-51-47-43-39-34-30-26-22-18-14-10-6-2/h21,25,27,31,33-34,36-37,39,41-42,46,54,58,77-79,84H,5-20,22-24,26,28-30,32,35,38,40,43-45,47-53,55-57,59-76H2,1-4H3,(H,89,90)(H,91,92)/b25-21-,31-27-,37-33-,39-34-,41-36-,46-42-,58-54-/t77?,78-,79-/m1/s1. The Morgan fingerprint density at radius 2 is 0.490 bits per heavy atom. The van der Waals surface area contributed by atoms with Crippen LogP contribution in [0.1, 0.15) is 362 Å². The van der Waals surface area contributed by atoms with Gasteiger partial charge in [0.2, 0.25) is 0 Å². The lowest BCUT2D eigenvalue weighted by atomic mass is 10.1. The maximum atomic E-state index is 13.1. The van der Waals surface area contributed by atoms with E-state index in [4.69, 9.17) is 37.0 Å². The maximum absolute atomic E-state index is 13.1. The third kappa shape index (κ3) is 74.5. The van der Waals surface area contributed by atoms with E-state index in [1.54, 1.807) is 0 Å². The van der Waals surface area contributed by atoms with Crippen molar-refractivity contribution in [2.24, 2.45) is 0 Å². The second-order valence-corrected chi connectivity index (χ2v) is 30.3. The zero-order valence-corrected chi connectivity index (χ0v) is 66.6. The predicted octanol–water partition coefficient (Wildman–Crippen LogP) is 23.8. The van der Waals surface area contributed by atoms with Gasteiger partial charge in [-0.3, -0.25) is 37.3 Å². The molecule has 0 bridgehead atoms. The van der Waals surface area contributed by atoms with E-state index in [1.165, 1.54) is 135 Å². The first-order valence-electron chi connectivity index (χ1n) is 40.8. The number of hydrogen-bond acceptors (Lipinski definition) is 15. The van der Waals surface area contributed by atoms with E-state index in [0.717, 1.165) is 141 Å². The summed E-state index contributed by atoms with van der Waals surface area (Å²) in [6, 6.07) is 0. The summed E-state index contributed by atoms with van der Waals surface area (Å²) in [5.74, 6) is -2.24. The highest BCUT2D eigenvalue weighted by Gasteiger charge is 2.30. The zero-order chi connectivity index (χ0) is 74.6. The van der Waals surface area contributed by atoms with Crippen LogP contribution in [0.4, 0.5) is 0 Å². The van der Waals surface area contributed by atoms with Gasteiger partial charge in [-0.05, 0) is 141 Å². The summed E-state index contributed by atoms with van der Waals surface area (Å²) < 4.78 is 68.6. The first kappa shape index (κ1) is 98.2. The Balaban J connectivity index is 5.41. The van der Waals surface area contributed by atoms with Gasteiger partial charge in [0.15, 0.2) is 12.2 Å². The predicted molar refractivity (Wildman–Crippen MR) is 418 cm³/mol. The van der Waals surface area contributed by atoms with Crippen molar-refractivity contribution in [3.05, 3.63) is 85.1 Å². The summed E-state index contributed by atoms with van der Waals surface area (Å²) in [6.45, 7) is 4.79. The molecule has 0 aromatic heterocycles. The molecule has 3 unspecified atom stereocenters. The lowest BCUT2D eigenvalue weighted by molar-refractivity contribution is -0.161. The molecule has 592 valence electrons. The van der Waals surface area contributed by atoms with Gasteiger partial charge in [0.25, 0.3) is 0 Å². The fourth-order valence-electron chi connectivity index (χ4n) is 11.0. The van der Waals surface area contributed by atoms with E-state index in [9.17, 15) is 43.2 Å². The number of esters is 4. The number of unbranched alkanes of at least 4 members (excludes halogenated alkanes) is 37. The number of hydrogen-bond donors (Lipinski definition) is 3. The van der Waals surface area contributed by atoms with E-state index in [-0.39, 0.29) is 25.7 Å². The van der Waals surface area contributed by atoms with Gasteiger partial charge in [-0.25, -0.2) is 9.13 Å². The van der Waals surface area contributed by atoms with E-state index in [0.29, 0.717) is 32.1 Å². The van der Waals surface area contributed by atoms with Gasteiger partial charge in [0, 0.05) is 25.7 Å². The van der Waals surface area contributed by atoms with Gasteiger partial charge in [-0.1, -0.05) is 280 Å². The molecule has 0 heterocycles. The Labute approximate surface area is 621 Å². The average molecular weight is 1480 g/mol. The Morgan fingerprint density at radius 1 is 0.275 bits per heavy atom. The molecule has 0 saturated carbocycles. The van der Waals surface area contributed by atoms with Crippen LogP contribution in [0, 0.1) is 0 Å². The first-order chi connectivity index (χ1) is 49.7. The molecule has 0 rings (SSSR count). The molecule has 17 nitrogen and oxygen atoms in total. The lowest BCUT2D eigenvalue weighted by Gasteiger charge is -2.21. The molecule has 3 N–H and O–H groups in total. The van der Waals surface area contributed by atoms with Gasteiger partial charge < -0.3 is 33.8 Å². The molecule has 102 heavy (non-hydrogen) atoms. The molecule has 0 amide bonds. The molecule has 0 spiro atoms. The van der Waals surface area contributed by atoms with Crippen LogP contribution >= 0.6 is 15.6 Å². The summed E-state index contributed by atoms with van der Waals surface area (Å²) in [4.78, 5) is 73.0. The Hall–Kier alpha value is -3.76. The zero-order valence-electron chi connectivity index (χ0n) is 64.8. The van der Waals surface area contributed by atoms with Crippen LogP contribution in [0.3, 0.4) is 0 Å². The summed E-state index contributed by atoms with van der Waals surface area (Å²) >= 11 is 0. The molecule has 19 heteroatoms. The number of phosphoric ester groups is 2. The lowest BCUT2D eigenvalue weighted by Crippen LogP contribution is -2.30. The van der Waals surface area contributed by atoms with E-state index in [2.05, 4.69) is 101 Å². The smallest absolute Gasteiger partial charge is 0.462 e. The molecular formula is C83H148O17P2. The van der Waals surface area contributed by atoms with Gasteiger partial charge >= 0.3 is 39.5 Å². The van der Waals surface area contributed by atoms with E-state index < -0.39 is 97.5 Å². The number of rotatable bonds is 77. The fraction of sp³-hybridized carbons (Fsp3) is 0.783. The molecule has 0 saturated heterocycles. The molecular weight excluding hydrogens is 1330 g/mol. The highest BCUT2D eigenvalue weighted by molar-refractivity contribution is 7.47. The molecule has 5 atom stereocenters. The van der Waals surface area contributed by atoms with Crippen molar-refractivity contribution in [2.75, 3.05) is 39.6 Å². The van der Waals surface area contributed by atoms with Crippen LogP contribution in [0.15, 0.2) is 85.1 Å². The third-order valence-corrected chi connectivity index (χ3v) is 19.2. The van der Waals surface area contributed by atoms with Gasteiger partial charge in [-0.15, -0.1) is 0 Å². The van der Waals surface area contributed by atoms with E-state index in [1.807, 2.05) is 12.2 Å². The molecule has 0 fully saturated rings. The van der Waals surface area contributed by atoms with Crippen molar-refractivity contribution in [1.29, 1.82) is 0 Å². The average Bonchev–Trinajstić information content (AvgIpc) is 0.917. The van der Waals surface area contributed by atoms with Crippen molar-refractivity contribution < 1.29 is 80.2 Å². The molecule has 0 aromatic carbocycles. The molecule has 0 aliphatic carbocycles. The molecule has 0 aliphatic rings. The van der Waals surface area contributed by atoms with Crippen LogP contribution in [0.25, 0.3) is 0 Å². The number of aliphatic hydroxyl groups excluding tert-OH is 1. The van der Waals surface area contributed by atoms with Crippen LogP contribution in [-0.2, 0) is 65.4 Å². The number of carbonyl (C=O) groups is 4. The largest absolute Gasteiger partial charge is 0.472 e. The van der Waals surface area contributed by atoms with E-state index >= 15 is 0 Å². The first-order valence-corrected chi connectivity index (χ1v) is 43.8. The van der Waals surface area contributed by atoms with Gasteiger partial charge in [0.05, 0.1) is 26.4 Å². The topological polar surface area (TPSA) is 237 Å². The van der Waals surface area contributed by atoms with Crippen molar-refractivity contribution in [2.45, 2.75) is 380 Å². The van der Waals surface area contributed by atoms with Crippen LogP contribution in [0.2, 0.25) is 0 Å². The van der Waals surface area contributed by atoms with Crippen molar-refractivity contribution in [3.8, 4) is 0 Å². The highest BCUT2D eigenvalue weighted by atomic mass is 31.2. The van der Waals surface area contributed by atoms with Crippen LogP contribution in [-0.4, -0.2) is 96.7 Å². The molecule has 0 radical (unpaired) electrons. The SMILES string of the molecule is CCCCC/C=C\C/C=C\C/C=C\C/C=C\CCCC(=O)O[C@H](COC(=O)CCCCCCCCC/C=C\CCCCCC)COP(=O)(O)OCC(O)COP(=O)(O)OC[C@@H](COC(=O)CCCCCCC/C=C\CCCCCCCC)OC(=O)CCCCCCC/C=C\CCCCCCCC. The summed E-state index contributed by atoms with van der Waals surface area (Å²) in [5.41, 5.74) is 0. The Morgan fingerprint density at radius 3 is 0.814 bits per heavy atom. The number of phosphoric acid groups is 2. The second kappa shape index (κ2) is 75.5. The minimum absolute atomic E-state index is 0.0197. The third-order valence-electron chi connectivity index (χ3n) is 17.3. The number of aliphatic hydroxyl groups is 1. The summed E-state index contributed by atoms with van der Waals surface area (Å²) in [6.07, 6.45) is 78.5. The van der Waals surface area contributed by atoms with Crippen LogP contribution in [0.5, 0.6) is 0 Å². The molecule has 0 aromatic rings. The monoisotopic (exact) mass is 1480 g/mol. The van der Waals surface area contributed by atoms with Gasteiger partial charge in [0.1, 0.15) is 19.3 Å². The maximum Gasteiger partial charge on any atom is 0.472 e. The number of carbonyl (C=O) groups excluding carboxylic acids is 4. The van der Waals surface area contributed by atoms with Gasteiger partial charge in [-0.2, -0.15) is 0 Å². The highest BCUT2D eigenvalue weighted by Crippen LogP contribution is 2.45. The Kier molecular flexibility index (Phi) is 72.7. The van der Waals surface area contributed by atoms with Crippen molar-refractivity contribution in [1.82, 2.24) is 0 Å². The number of ether oxygens (including phenoxy) is 4. The molecule has 0 aliphatic heterocycles. The van der Waals surface area contributed by atoms with Crippen LogP contribution < -0.4 is 0 Å². The Bertz CT molecular complexity index is 2260. The normalized spacial score (nSPS) is 14.3. The second-order valence-electron chi connectivity index (χ2n) is 27.3. The quantitative estimate of drug-likeness (QED) is 0.0169. The summed E-state index contributed by atoms with van der Waals surface area (Å²) in [7, 11) is -9.97.